The van der Waals surface area contributed by atoms with Crippen LogP contribution in [0.25, 0.3) is 0 Å². The number of piperidine rings is 1. The van der Waals surface area contributed by atoms with Crippen molar-refractivity contribution in [2.24, 2.45) is 0 Å². The molecular formula is C22H27ClN2O4S. The molecule has 1 amide bonds. The molecule has 8 heteroatoms. The lowest BCUT2D eigenvalue weighted by Gasteiger charge is -2.30. The second-order valence-corrected chi connectivity index (χ2v) is 9.82. The molecule has 30 heavy (non-hydrogen) atoms. The van der Waals surface area contributed by atoms with Gasteiger partial charge in [-0.1, -0.05) is 41.9 Å². The van der Waals surface area contributed by atoms with Crippen molar-refractivity contribution in [3.05, 3.63) is 64.7 Å². The van der Waals surface area contributed by atoms with Crippen LogP contribution in [-0.4, -0.2) is 55.5 Å². The Bertz CT molecular complexity index is 974. The summed E-state index contributed by atoms with van der Waals surface area (Å²) in [5.41, 5.74) is 1.58. The number of carbonyl (C=O) groups excluding carboxylic acids is 1. The molecule has 0 bridgehead atoms. The molecule has 0 aliphatic carbocycles. The summed E-state index contributed by atoms with van der Waals surface area (Å²) in [4.78, 5) is 14.7. The van der Waals surface area contributed by atoms with Gasteiger partial charge in [0.15, 0.2) is 0 Å². The maximum Gasteiger partial charge on any atom is 0.254 e. The molecule has 0 N–H and O–H groups in total. The van der Waals surface area contributed by atoms with Gasteiger partial charge in [-0.15, -0.1) is 0 Å². The van der Waals surface area contributed by atoms with Gasteiger partial charge in [0, 0.05) is 31.7 Å². The van der Waals surface area contributed by atoms with Gasteiger partial charge in [0.1, 0.15) is 11.9 Å². The largest absolute Gasteiger partial charge is 0.489 e. The molecule has 0 spiro atoms. The van der Waals surface area contributed by atoms with E-state index in [1.807, 2.05) is 37.3 Å². The van der Waals surface area contributed by atoms with Crippen molar-refractivity contribution in [1.82, 2.24) is 9.21 Å². The van der Waals surface area contributed by atoms with E-state index in [4.69, 9.17) is 16.3 Å². The van der Waals surface area contributed by atoms with Crippen LogP contribution in [0.2, 0.25) is 5.02 Å². The van der Waals surface area contributed by atoms with Crippen molar-refractivity contribution in [2.75, 3.05) is 25.9 Å². The predicted octanol–water partition coefficient (Wildman–Crippen LogP) is 3.81. The highest BCUT2D eigenvalue weighted by atomic mass is 35.5. The van der Waals surface area contributed by atoms with E-state index in [0.717, 1.165) is 5.56 Å². The lowest BCUT2D eigenvalue weighted by atomic mass is 10.1. The van der Waals surface area contributed by atoms with Gasteiger partial charge in [-0.05, 0) is 43.5 Å². The molecule has 0 radical (unpaired) electrons. The Morgan fingerprint density at radius 3 is 2.40 bits per heavy atom. The number of hydrogen-bond donors (Lipinski definition) is 0. The molecule has 1 aliphatic heterocycles. The third-order valence-electron chi connectivity index (χ3n) is 5.23. The molecule has 1 saturated heterocycles. The predicted molar refractivity (Wildman–Crippen MR) is 118 cm³/mol. The Morgan fingerprint density at radius 1 is 1.17 bits per heavy atom. The highest BCUT2D eigenvalue weighted by Gasteiger charge is 2.26. The van der Waals surface area contributed by atoms with Gasteiger partial charge >= 0.3 is 0 Å². The van der Waals surface area contributed by atoms with E-state index in [1.165, 1.54) is 10.6 Å². The Labute approximate surface area is 183 Å². The summed E-state index contributed by atoms with van der Waals surface area (Å²) in [6.07, 6.45) is 2.32. The summed E-state index contributed by atoms with van der Waals surface area (Å²) in [7, 11) is -3.17. The molecule has 162 valence electrons. The van der Waals surface area contributed by atoms with Crippen LogP contribution in [0.3, 0.4) is 0 Å². The number of nitrogens with zero attached hydrogens (tertiary/aromatic N) is 2. The van der Waals surface area contributed by atoms with E-state index in [9.17, 15) is 13.2 Å². The number of amides is 1. The molecule has 0 saturated carbocycles. The van der Waals surface area contributed by atoms with E-state index < -0.39 is 10.0 Å². The highest BCUT2D eigenvalue weighted by molar-refractivity contribution is 7.88. The smallest absolute Gasteiger partial charge is 0.254 e. The van der Waals surface area contributed by atoms with Crippen LogP contribution in [0, 0.1) is 0 Å². The minimum Gasteiger partial charge on any atom is -0.489 e. The Hall–Kier alpha value is -2.09. The van der Waals surface area contributed by atoms with Gasteiger partial charge in [0.25, 0.3) is 5.91 Å². The van der Waals surface area contributed by atoms with E-state index in [0.29, 0.717) is 55.4 Å². The second-order valence-electron chi connectivity index (χ2n) is 7.43. The van der Waals surface area contributed by atoms with E-state index in [-0.39, 0.29) is 12.0 Å². The summed E-state index contributed by atoms with van der Waals surface area (Å²) in [6, 6.07) is 14.9. The Morgan fingerprint density at radius 2 is 1.83 bits per heavy atom. The number of carbonyl (C=O) groups is 1. The normalized spacial score (nSPS) is 15.7. The maximum atomic E-state index is 12.9. The third kappa shape index (κ3) is 5.74. The summed E-state index contributed by atoms with van der Waals surface area (Å²) >= 11 is 6.40. The molecule has 3 rings (SSSR count). The van der Waals surface area contributed by atoms with Gasteiger partial charge in [0.2, 0.25) is 10.0 Å². The molecule has 0 aromatic heterocycles. The molecule has 2 aromatic rings. The second kappa shape index (κ2) is 9.81. The number of benzene rings is 2. The number of sulfonamides is 1. The molecule has 1 heterocycles. The Kier molecular flexibility index (Phi) is 7.39. The zero-order chi connectivity index (χ0) is 21.7. The summed E-state index contributed by atoms with van der Waals surface area (Å²) in [5, 5.41) is 0.377. The number of rotatable bonds is 7. The number of hydrogen-bond acceptors (Lipinski definition) is 4. The quantitative estimate of drug-likeness (QED) is 0.643. The van der Waals surface area contributed by atoms with Crippen molar-refractivity contribution in [3.63, 3.8) is 0 Å². The van der Waals surface area contributed by atoms with Gasteiger partial charge < -0.3 is 9.64 Å². The minimum absolute atomic E-state index is 0.0868. The first-order valence-electron chi connectivity index (χ1n) is 10.0. The fourth-order valence-corrected chi connectivity index (χ4v) is 4.60. The fraction of sp³-hybridized carbons (Fsp3) is 0.409. The molecular weight excluding hydrogens is 424 g/mol. The van der Waals surface area contributed by atoms with E-state index in [2.05, 4.69) is 0 Å². The Balaban J connectivity index is 1.64. The summed E-state index contributed by atoms with van der Waals surface area (Å²) < 4.78 is 30.7. The van der Waals surface area contributed by atoms with Gasteiger partial charge in [-0.3, -0.25) is 4.79 Å². The van der Waals surface area contributed by atoms with Crippen molar-refractivity contribution in [2.45, 2.75) is 32.4 Å². The first kappa shape index (κ1) is 22.6. The number of ether oxygens (including phenoxy) is 1. The molecule has 6 nitrogen and oxygen atoms in total. The van der Waals surface area contributed by atoms with E-state index in [1.54, 1.807) is 23.1 Å². The standard InChI is InChI=1S/C22H27ClN2O4S/c1-3-24(16-17-7-5-4-6-8-17)22(26)18-9-10-21(20(23)15-18)29-19-11-13-25(14-12-19)30(2,27)28/h4-10,15,19H,3,11-14,16H2,1-2H3. The molecule has 0 atom stereocenters. The lowest BCUT2D eigenvalue weighted by Crippen LogP contribution is -2.41. The summed E-state index contributed by atoms with van der Waals surface area (Å²) in [5.74, 6) is 0.424. The van der Waals surface area contributed by atoms with E-state index >= 15 is 0 Å². The van der Waals surface area contributed by atoms with Crippen LogP contribution in [-0.2, 0) is 16.6 Å². The third-order valence-corrected chi connectivity index (χ3v) is 6.83. The number of halogens is 1. The first-order chi connectivity index (χ1) is 14.3. The zero-order valence-corrected chi connectivity index (χ0v) is 18.8. The lowest BCUT2D eigenvalue weighted by molar-refractivity contribution is 0.0752. The zero-order valence-electron chi connectivity index (χ0n) is 17.3. The van der Waals surface area contributed by atoms with Crippen LogP contribution in [0.1, 0.15) is 35.7 Å². The van der Waals surface area contributed by atoms with Gasteiger partial charge in [0.05, 0.1) is 11.3 Å². The highest BCUT2D eigenvalue weighted by Crippen LogP contribution is 2.29. The maximum absolute atomic E-state index is 12.9. The van der Waals surface area contributed by atoms with Crippen LogP contribution < -0.4 is 4.74 Å². The van der Waals surface area contributed by atoms with Crippen LogP contribution >= 0.6 is 11.6 Å². The molecule has 1 fully saturated rings. The SMILES string of the molecule is CCN(Cc1ccccc1)C(=O)c1ccc(OC2CCN(S(C)(=O)=O)CC2)c(Cl)c1. The molecule has 1 aliphatic rings. The average Bonchev–Trinajstić information content (AvgIpc) is 2.73. The van der Waals surface area contributed by atoms with Crippen LogP contribution in [0.5, 0.6) is 5.75 Å². The van der Waals surface area contributed by atoms with Crippen molar-refractivity contribution in [1.29, 1.82) is 0 Å². The van der Waals surface area contributed by atoms with Crippen LogP contribution in [0.4, 0.5) is 0 Å². The monoisotopic (exact) mass is 450 g/mol. The van der Waals surface area contributed by atoms with Crippen molar-refractivity contribution in [3.8, 4) is 5.75 Å². The molecule has 2 aromatic carbocycles. The fourth-order valence-electron chi connectivity index (χ4n) is 3.50. The van der Waals surface area contributed by atoms with Crippen molar-refractivity contribution >= 4 is 27.5 Å². The average molecular weight is 451 g/mol. The molecule has 0 unspecified atom stereocenters. The first-order valence-corrected chi connectivity index (χ1v) is 12.2. The topological polar surface area (TPSA) is 66.9 Å². The van der Waals surface area contributed by atoms with Crippen LogP contribution in [0.15, 0.2) is 48.5 Å². The minimum atomic E-state index is -3.17. The van der Waals surface area contributed by atoms with Gasteiger partial charge in [-0.25, -0.2) is 12.7 Å². The summed E-state index contributed by atoms with van der Waals surface area (Å²) in [6.45, 7) is 3.93. The van der Waals surface area contributed by atoms with Gasteiger partial charge in [-0.2, -0.15) is 0 Å². The van der Waals surface area contributed by atoms with Crippen molar-refractivity contribution < 1.29 is 17.9 Å².